The van der Waals surface area contributed by atoms with Crippen molar-refractivity contribution in [1.29, 1.82) is 0 Å². The number of unbranched alkanes of at least 4 members (excludes halogenated alkanes) is 9. The van der Waals surface area contributed by atoms with E-state index in [9.17, 15) is 4.57 Å². The van der Waals surface area contributed by atoms with Crippen LogP contribution in [0, 0.1) is 0 Å². The van der Waals surface area contributed by atoms with E-state index in [-0.39, 0.29) is 6.61 Å². The van der Waals surface area contributed by atoms with Crippen molar-refractivity contribution in [3.05, 3.63) is 71.8 Å². The molecule has 0 atom stereocenters. The Bertz CT molecular complexity index is 675. The molecule has 2 N–H and O–H groups in total. The predicted molar refractivity (Wildman–Crippen MR) is 124 cm³/mol. The summed E-state index contributed by atoms with van der Waals surface area (Å²) in [5.41, 5.74) is 2.82. The summed E-state index contributed by atoms with van der Waals surface area (Å²) < 4.78 is 15.0. The molecule has 0 bridgehead atoms. The minimum atomic E-state index is -4.29. The number of hydrogen-bond acceptors (Lipinski definition) is 2. The van der Waals surface area contributed by atoms with E-state index >= 15 is 0 Å². The SMILES string of the molecule is O=P(O)(O)OCCCCCCCCCCCCC(c1ccccc1)c1ccccc1. The van der Waals surface area contributed by atoms with E-state index in [1.807, 2.05) is 0 Å². The normalized spacial score (nSPS) is 11.8. The van der Waals surface area contributed by atoms with Crippen LogP contribution in [0.2, 0.25) is 0 Å². The fraction of sp³-hybridized carbons (Fsp3) is 0.520. The Balaban J connectivity index is 1.52. The molecule has 0 saturated heterocycles. The lowest BCUT2D eigenvalue weighted by atomic mass is 9.87. The fourth-order valence-electron chi connectivity index (χ4n) is 3.94. The highest BCUT2D eigenvalue weighted by atomic mass is 31.2. The zero-order valence-electron chi connectivity index (χ0n) is 18.0. The van der Waals surface area contributed by atoms with E-state index in [1.54, 1.807) is 0 Å². The van der Waals surface area contributed by atoms with Crippen LogP contribution < -0.4 is 0 Å². The summed E-state index contributed by atoms with van der Waals surface area (Å²) >= 11 is 0. The molecule has 2 aromatic carbocycles. The fourth-order valence-corrected chi connectivity index (χ4v) is 4.31. The highest BCUT2D eigenvalue weighted by Gasteiger charge is 2.13. The second kappa shape index (κ2) is 14.5. The highest BCUT2D eigenvalue weighted by molar-refractivity contribution is 7.46. The van der Waals surface area contributed by atoms with Gasteiger partial charge in [0.1, 0.15) is 0 Å². The molecule has 0 aliphatic heterocycles. The molecule has 0 radical (unpaired) electrons. The van der Waals surface area contributed by atoms with Crippen molar-refractivity contribution in [2.45, 2.75) is 76.5 Å². The van der Waals surface area contributed by atoms with Crippen molar-refractivity contribution >= 4 is 7.82 Å². The average molecular weight is 433 g/mol. The molecule has 0 spiro atoms. The van der Waals surface area contributed by atoms with E-state index in [2.05, 4.69) is 65.2 Å². The first-order chi connectivity index (χ1) is 14.6. The lowest BCUT2D eigenvalue weighted by molar-refractivity contribution is 0.193. The van der Waals surface area contributed by atoms with Gasteiger partial charge in [-0.05, 0) is 24.0 Å². The van der Waals surface area contributed by atoms with Gasteiger partial charge in [0, 0.05) is 5.92 Å². The van der Waals surface area contributed by atoms with Crippen LogP contribution in [0.3, 0.4) is 0 Å². The van der Waals surface area contributed by atoms with Gasteiger partial charge in [-0.2, -0.15) is 0 Å². The van der Waals surface area contributed by atoms with Gasteiger partial charge < -0.3 is 9.79 Å². The molecule has 2 aromatic rings. The third-order valence-corrected chi connectivity index (χ3v) is 6.07. The molecular weight excluding hydrogens is 395 g/mol. The first-order valence-electron chi connectivity index (χ1n) is 11.4. The predicted octanol–water partition coefficient (Wildman–Crippen LogP) is 7.22. The number of phosphoric ester groups is 1. The molecule has 30 heavy (non-hydrogen) atoms. The van der Waals surface area contributed by atoms with Gasteiger partial charge in [0.25, 0.3) is 0 Å². The summed E-state index contributed by atoms with van der Waals surface area (Å²) in [5, 5.41) is 0. The van der Waals surface area contributed by atoms with Gasteiger partial charge in [0.05, 0.1) is 6.61 Å². The van der Waals surface area contributed by atoms with E-state index in [0.29, 0.717) is 5.92 Å². The van der Waals surface area contributed by atoms with Crippen molar-refractivity contribution in [2.75, 3.05) is 6.61 Å². The van der Waals surface area contributed by atoms with Crippen molar-refractivity contribution in [3.8, 4) is 0 Å². The Morgan fingerprint density at radius 2 is 1.03 bits per heavy atom. The van der Waals surface area contributed by atoms with Crippen LogP contribution in [0.4, 0.5) is 0 Å². The lowest BCUT2D eigenvalue weighted by Crippen LogP contribution is -2.01. The molecule has 0 amide bonds. The largest absolute Gasteiger partial charge is 0.469 e. The minimum Gasteiger partial charge on any atom is -0.303 e. The maximum absolute atomic E-state index is 10.6. The van der Waals surface area contributed by atoms with Gasteiger partial charge >= 0.3 is 7.82 Å². The second-order valence-electron chi connectivity index (χ2n) is 8.02. The summed E-state index contributed by atoms with van der Waals surface area (Å²) in [6.07, 6.45) is 12.9. The van der Waals surface area contributed by atoms with Crippen molar-refractivity contribution in [1.82, 2.24) is 0 Å². The van der Waals surface area contributed by atoms with Crippen LogP contribution in [-0.4, -0.2) is 16.4 Å². The molecule has 5 heteroatoms. The third-order valence-electron chi connectivity index (χ3n) is 5.55. The molecule has 0 unspecified atom stereocenters. The average Bonchev–Trinajstić information content (AvgIpc) is 2.74. The highest BCUT2D eigenvalue weighted by Crippen LogP contribution is 2.35. The summed E-state index contributed by atoms with van der Waals surface area (Å²) in [6.45, 7) is 0.150. The van der Waals surface area contributed by atoms with Crippen molar-refractivity contribution in [2.24, 2.45) is 0 Å². The van der Waals surface area contributed by atoms with E-state index < -0.39 is 7.82 Å². The molecule has 0 heterocycles. The molecule has 166 valence electrons. The van der Waals surface area contributed by atoms with E-state index in [1.165, 1.54) is 62.5 Å². The van der Waals surface area contributed by atoms with Gasteiger partial charge in [-0.25, -0.2) is 4.57 Å². The molecular formula is C25H37O4P. The molecule has 0 fully saturated rings. The number of hydrogen-bond donors (Lipinski definition) is 2. The molecule has 0 saturated carbocycles. The molecule has 2 rings (SSSR count). The zero-order chi connectivity index (χ0) is 21.5. The quantitative estimate of drug-likeness (QED) is 0.217. The Kier molecular flexibility index (Phi) is 12.0. The van der Waals surface area contributed by atoms with Crippen LogP contribution >= 0.6 is 7.82 Å². The van der Waals surface area contributed by atoms with Crippen LogP contribution in [0.1, 0.15) is 87.7 Å². The van der Waals surface area contributed by atoms with Crippen LogP contribution in [0.25, 0.3) is 0 Å². The topological polar surface area (TPSA) is 66.8 Å². The van der Waals surface area contributed by atoms with Gasteiger partial charge in [-0.1, -0.05) is 118 Å². The Morgan fingerprint density at radius 1 is 0.633 bits per heavy atom. The first kappa shape index (κ1) is 24.8. The Morgan fingerprint density at radius 3 is 1.47 bits per heavy atom. The van der Waals surface area contributed by atoms with E-state index in [0.717, 1.165) is 19.3 Å². The molecule has 0 aliphatic rings. The molecule has 0 aromatic heterocycles. The molecule has 4 nitrogen and oxygen atoms in total. The standard InChI is InChI=1S/C25H37O4P/c26-30(27,28)29-22-16-8-6-4-2-1-3-5-7-15-21-25(23-17-11-9-12-18-23)24-19-13-10-14-20-24/h9-14,17-20,25H,1-8,15-16,21-22H2,(H2,26,27,28). The maximum Gasteiger partial charge on any atom is 0.469 e. The smallest absolute Gasteiger partial charge is 0.303 e. The van der Waals surface area contributed by atoms with Crippen LogP contribution in [0.15, 0.2) is 60.7 Å². The second-order valence-corrected chi connectivity index (χ2v) is 9.26. The monoisotopic (exact) mass is 432 g/mol. The first-order valence-corrected chi connectivity index (χ1v) is 12.9. The van der Waals surface area contributed by atoms with E-state index in [4.69, 9.17) is 9.79 Å². The van der Waals surface area contributed by atoms with Crippen molar-refractivity contribution in [3.63, 3.8) is 0 Å². The number of benzene rings is 2. The van der Waals surface area contributed by atoms with Crippen molar-refractivity contribution < 1.29 is 18.9 Å². The zero-order valence-corrected chi connectivity index (χ0v) is 18.9. The molecule has 0 aliphatic carbocycles. The van der Waals surface area contributed by atoms with Gasteiger partial charge in [0.2, 0.25) is 0 Å². The van der Waals surface area contributed by atoms with Gasteiger partial charge in [-0.15, -0.1) is 0 Å². The number of phosphoric acid groups is 1. The van der Waals surface area contributed by atoms with Crippen LogP contribution in [0.5, 0.6) is 0 Å². The summed E-state index contributed by atoms with van der Waals surface area (Å²) in [4.78, 5) is 17.2. The maximum atomic E-state index is 10.6. The Hall–Kier alpha value is -1.45. The minimum absolute atomic E-state index is 0.150. The van der Waals surface area contributed by atoms with Gasteiger partial charge in [0.15, 0.2) is 0 Å². The Labute approximate surface area is 181 Å². The van der Waals surface area contributed by atoms with Crippen LogP contribution in [-0.2, 0) is 9.09 Å². The third kappa shape index (κ3) is 11.1. The number of rotatable bonds is 16. The summed E-state index contributed by atoms with van der Waals surface area (Å²) in [5.74, 6) is 0.488. The van der Waals surface area contributed by atoms with Gasteiger partial charge in [-0.3, -0.25) is 4.52 Å². The summed E-state index contributed by atoms with van der Waals surface area (Å²) in [6, 6.07) is 21.7. The summed E-state index contributed by atoms with van der Waals surface area (Å²) in [7, 11) is -4.29. The lowest BCUT2D eigenvalue weighted by Gasteiger charge is -2.18.